The van der Waals surface area contributed by atoms with Gasteiger partial charge in [0.1, 0.15) is 5.82 Å². The molecule has 11 heteroatoms. The summed E-state index contributed by atoms with van der Waals surface area (Å²) in [6, 6.07) is 16.3. The lowest BCUT2D eigenvalue weighted by Gasteiger charge is -2.11. The summed E-state index contributed by atoms with van der Waals surface area (Å²) in [6.45, 7) is 2.46. The van der Waals surface area contributed by atoms with Gasteiger partial charge in [0.15, 0.2) is 22.9 Å². The number of fused-ring (bicyclic) bond motifs is 1. The second-order valence-electron chi connectivity index (χ2n) is 8.17. The summed E-state index contributed by atoms with van der Waals surface area (Å²) >= 11 is 0. The van der Waals surface area contributed by atoms with Crippen molar-refractivity contribution in [3.8, 4) is 11.3 Å². The summed E-state index contributed by atoms with van der Waals surface area (Å²) in [5, 5.41) is 10.7. The first-order valence-electron chi connectivity index (χ1n) is 10.8. The summed E-state index contributed by atoms with van der Waals surface area (Å²) < 4.78 is 56.8. The van der Waals surface area contributed by atoms with Crippen molar-refractivity contribution in [3.63, 3.8) is 0 Å². The van der Waals surface area contributed by atoms with Crippen molar-refractivity contribution in [2.75, 3.05) is 5.32 Å². The topological polar surface area (TPSA) is 77.1 Å². The highest BCUT2D eigenvalue weighted by Crippen LogP contribution is 2.32. The summed E-state index contributed by atoms with van der Waals surface area (Å²) in [7, 11) is 0. The smallest absolute Gasteiger partial charge is 0.304 e. The molecule has 0 bridgehead atoms. The number of aryl methyl sites for hydroxylation is 1. The van der Waals surface area contributed by atoms with Crippen LogP contribution in [-0.2, 0) is 12.7 Å². The summed E-state index contributed by atoms with van der Waals surface area (Å²) in [5.74, 6) is -1.04. The SMILES string of the molecule is Cc1cccc(Cn2ccc(NC(=O)c3cc4nc(-c5ccc(F)cc5)cc(C(F)(F)F)n4n3)n2)c1. The van der Waals surface area contributed by atoms with Crippen LogP contribution in [0.2, 0.25) is 0 Å². The van der Waals surface area contributed by atoms with Crippen LogP contribution in [0.4, 0.5) is 23.4 Å². The number of rotatable bonds is 5. The molecule has 0 aliphatic carbocycles. The van der Waals surface area contributed by atoms with Crippen molar-refractivity contribution in [2.45, 2.75) is 19.6 Å². The molecule has 0 aliphatic heterocycles. The molecule has 0 saturated heterocycles. The number of hydrogen-bond acceptors (Lipinski definition) is 4. The maximum absolute atomic E-state index is 13.8. The van der Waals surface area contributed by atoms with Crippen molar-refractivity contribution in [1.29, 1.82) is 0 Å². The second kappa shape index (κ2) is 8.91. The van der Waals surface area contributed by atoms with Gasteiger partial charge in [0.2, 0.25) is 0 Å². The van der Waals surface area contributed by atoms with E-state index >= 15 is 0 Å². The van der Waals surface area contributed by atoms with E-state index < -0.39 is 23.6 Å². The Morgan fingerprint density at radius 2 is 1.78 bits per heavy atom. The third-order valence-corrected chi connectivity index (χ3v) is 5.40. The lowest BCUT2D eigenvalue weighted by Crippen LogP contribution is -2.16. The van der Waals surface area contributed by atoms with Crippen molar-refractivity contribution in [2.24, 2.45) is 0 Å². The van der Waals surface area contributed by atoms with Gasteiger partial charge in [0, 0.05) is 23.9 Å². The van der Waals surface area contributed by atoms with Gasteiger partial charge in [0.05, 0.1) is 12.2 Å². The van der Waals surface area contributed by atoms with Crippen molar-refractivity contribution in [1.82, 2.24) is 24.4 Å². The number of carbonyl (C=O) groups is 1. The number of nitrogens with one attached hydrogen (secondary N) is 1. The Morgan fingerprint density at radius 1 is 1.00 bits per heavy atom. The zero-order valence-electron chi connectivity index (χ0n) is 18.8. The molecule has 1 N–H and O–H groups in total. The molecule has 0 fully saturated rings. The molecule has 5 rings (SSSR count). The summed E-state index contributed by atoms with van der Waals surface area (Å²) in [5.41, 5.74) is 0.825. The Bertz CT molecular complexity index is 1570. The number of nitrogens with zero attached hydrogens (tertiary/aromatic N) is 5. The van der Waals surface area contributed by atoms with E-state index in [1.165, 1.54) is 12.1 Å². The van der Waals surface area contributed by atoms with E-state index in [2.05, 4.69) is 20.5 Å². The highest BCUT2D eigenvalue weighted by atomic mass is 19.4. The highest BCUT2D eigenvalue weighted by Gasteiger charge is 2.35. The number of benzene rings is 2. The molecule has 0 aliphatic rings. The minimum Gasteiger partial charge on any atom is -0.304 e. The quantitative estimate of drug-likeness (QED) is 0.334. The molecular formula is C25H18F4N6O. The average Bonchev–Trinajstić information content (AvgIpc) is 3.45. The van der Waals surface area contributed by atoms with Crippen LogP contribution in [0.3, 0.4) is 0 Å². The van der Waals surface area contributed by atoms with Gasteiger partial charge in [0.25, 0.3) is 5.91 Å². The van der Waals surface area contributed by atoms with Gasteiger partial charge in [-0.25, -0.2) is 13.9 Å². The molecule has 0 saturated carbocycles. The molecule has 0 spiro atoms. The third-order valence-electron chi connectivity index (χ3n) is 5.40. The predicted octanol–water partition coefficient (Wildman–Crippen LogP) is 5.36. The zero-order valence-corrected chi connectivity index (χ0v) is 18.8. The molecule has 2 aromatic carbocycles. The lowest BCUT2D eigenvalue weighted by molar-refractivity contribution is -0.142. The van der Waals surface area contributed by atoms with Gasteiger partial charge in [-0.2, -0.15) is 23.4 Å². The normalized spacial score (nSPS) is 11.7. The van der Waals surface area contributed by atoms with E-state index in [4.69, 9.17) is 0 Å². The highest BCUT2D eigenvalue weighted by molar-refractivity contribution is 6.03. The van der Waals surface area contributed by atoms with E-state index in [1.807, 2.05) is 31.2 Å². The van der Waals surface area contributed by atoms with Gasteiger partial charge in [-0.1, -0.05) is 29.8 Å². The lowest BCUT2D eigenvalue weighted by atomic mass is 10.1. The fourth-order valence-corrected chi connectivity index (χ4v) is 3.75. The summed E-state index contributed by atoms with van der Waals surface area (Å²) in [6.07, 6.45) is -3.09. The number of halogens is 4. The van der Waals surface area contributed by atoms with Crippen LogP contribution in [0.25, 0.3) is 16.9 Å². The summed E-state index contributed by atoms with van der Waals surface area (Å²) in [4.78, 5) is 17.0. The minimum absolute atomic E-state index is 0.0309. The third kappa shape index (κ3) is 4.81. The van der Waals surface area contributed by atoms with Gasteiger partial charge < -0.3 is 5.32 Å². The molecule has 0 unspecified atom stereocenters. The van der Waals surface area contributed by atoms with Crippen LogP contribution in [-0.4, -0.2) is 30.3 Å². The van der Waals surface area contributed by atoms with Crippen LogP contribution in [0, 0.1) is 12.7 Å². The van der Waals surface area contributed by atoms with E-state index in [-0.39, 0.29) is 28.4 Å². The Labute approximate surface area is 202 Å². The molecule has 182 valence electrons. The fourth-order valence-electron chi connectivity index (χ4n) is 3.75. The number of alkyl halides is 3. The van der Waals surface area contributed by atoms with Crippen molar-refractivity contribution >= 4 is 17.4 Å². The molecule has 0 radical (unpaired) electrons. The van der Waals surface area contributed by atoms with E-state index in [0.29, 0.717) is 11.1 Å². The van der Waals surface area contributed by atoms with Crippen LogP contribution in [0.5, 0.6) is 0 Å². The zero-order chi connectivity index (χ0) is 25.4. The molecule has 1 amide bonds. The maximum atomic E-state index is 13.8. The number of carbonyl (C=O) groups excluding carboxylic acids is 1. The van der Waals surface area contributed by atoms with Crippen molar-refractivity contribution in [3.05, 3.63) is 101 Å². The van der Waals surface area contributed by atoms with Gasteiger partial charge in [-0.3, -0.25) is 9.48 Å². The maximum Gasteiger partial charge on any atom is 0.433 e. The minimum atomic E-state index is -4.77. The van der Waals surface area contributed by atoms with E-state index in [1.54, 1.807) is 16.9 Å². The molecule has 36 heavy (non-hydrogen) atoms. The molecular weight excluding hydrogens is 476 g/mol. The average molecular weight is 494 g/mol. The second-order valence-corrected chi connectivity index (χ2v) is 8.17. The predicted molar refractivity (Wildman–Crippen MR) is 124 cm³/mol. The van der Waals surface area contributed by atoms with Gasteiger partial charge in [-0.05, 0) is 42.8 Å². The largest absolute Gasteiger partial charge is 0.433 e. The van der Waals surface area contributed by atoms with E-state index in [0.717, 1.165) is 35.4 Å². The first-order valence-corrected chi connectivity index (χ1v) is 10.8. The monoisotopic (exact) mass is 494 g/mol. The number of anilines is 1. The Kier molecular flexibility index (Phi) is 5.75. The molecule has 5 aromatic rings. The fraction of sp³-hybridized carbons (Fsp3) is 0.120. The van der Waals surface area contributed by atoms with Crippen LogP contribution < -0.4 is 5.32 Å². The van der Waals surface area contributed by atoms with Crippen LogP contribution >= 0.6 is 0 Å². The molecule has 3 aromatic heterocycles. The Morgan fingerprint density at radius 3 is 2.50 bits per heavy atom. The van der Waals surface area contributed by atoms with Crippen LogP contribution in [0.1, 0.15) is 27.3 Å². The molecule has 7 nitrogen and oxygen atoms in total. The number of aromatic nitrogens is 5. The first-order chi connectivity index (χ1) is 17.2. The van der Waals surface area contributed by atoms with Crippen molar-refractivity contribution < 1.29 is 22.4 Å². The molecule has 3 heterocycles. The van der Waals surface area contributed by atoms with Gasteiger partial charge in [-0.15, -0.1) is 0 Å². The van der Waals surface area contributed by atoms with Gasteiger partial charge >= 0.3 is 6.18 Å². The molecule has 0 atom stereocenters. The van der Waals surface area contributed by atoms with Crippen LogP contribution in [0.15, 0.2) is 72.9 Å². The Balaban J connectivity index is 1.42. The standard InChI is InChI=1S/C25H18F4N6O/c1-15-3-2-4-16(11-15)14-34-10-9-22(33-34)31-24(36)20-13-23-30-19(17-5-7-18(26)8-6-17)12-21(25(27,28)29)35(23)32-20/h2-13H,14H2,1H3,(H,31,33,36). The number of amides is 1. The number of hydrogen-bond donors (Lipinski definition) is 1. The Hall–Kier alpha value is -4.54. The first kappa shape index (κ1) is 23.2. The van der Waals surface area contributed by atoms with E-state index in [9.17, 15) is 22.4 Å².